The van der Waals surface area contributed by atoms with Crippen molar-refractivity contribution in [3.05, 3.63) is 80.0 Å². The molecule has 1 aromatic heterocycles. The average molecular weight is 448 g/mol. The minimum Gasteiger partial charge on any atom is -0.477 e. The van der Waals surface area contributed by atoms with Gasteiger partial charge in [-0.2, -0.15) is 5.10 Å². The molecule has 0 saturated carbocycles. The lowest BCUT2D eigenvalue weighted by Crippen LogP contribution is -2.24. The van der Waals surface area contributed by atoms with Crippen molar-refractivity contribution in [3.63, 3.8) is 0 Å². The van der Waals surface area contributed by atoms with Crippen LogP contribution in [0.2, 0.25) is 10.0 Å². The first-order chi connectivity index (χ1) is 14.3. The molecule has 0 radical (unpaired) electrons. The van der Waals surface area contributed by atoms with Crippen molar-refractivity contribution >= 4 is 41.0 Å². The van der Waals surface area contributed by atoms with Crippen LogP contribution in [0, 0.1) is 17.0 Å². The van der Waals surface area contributed by atoms with E-state index in [0.717, 1.165) is 0 Å². The van der Waals surface area contributed by atoms with Crippen LogP contribution < -0.4 is 10.2 Å². The number of nitrogens with one attached hydrogen (secondary N) is 1. The van der Waals surface area contributed by atoms with Gasteiger partial charge in [-0.1, -0.05) is 35.3 Å². The second-order valence-corrected chi connectivity index (χ2v) is 6.90. The van der Waals surface area contributed by atoms with Crippen molar-refractivity contribution < 1.29 is 18.9 Å². The number of nitrogens with zero attached hydrogens (tertiary/aromatic N) is 2. The monoisotopic (exact) mass is 447 g/mol. The molecule has 0 unspecified atom stereocenters. The van der Waals surface area contributed by atoms with E-state index in [1.54, 1.807) is 43.3 Å². The molecule has 0 spiro atoms. The fraction of sp³-hybridized carbons (Fsp3) is 0.100. The van der Waals surface area contributed by atoms with Crippen molar-refractivity contribution in [1.82, 2.24) is 5.43 Å². The largest absolute Gasteiger partial charge is 0.477 e. The smallest absolute Gasteiger partial charge is 0.311 e. The van der Waals surface area contributed by atoms with E-state index in [1.807, 2.05) is 0 Å². The Bertz CT molecular complexity index is 1130. The molecular weight excluding hydrogens is 433 g/mol. The zero-order valence-electron chi connectivity index (χ0n) is 15.6. The van der Waals surface area contributed by atoms with Crippen molar-refractivity contribution in [2.75, 3.05) is 6.61 Å². The first-order valence-electron chi connectivity index (χ1n) is 8.59. The molecule has 0 bridgehead atoms. The van der Waals surface area contributed by atoms with Gasteiger partial charge < -0.3 is 9.15 Å². The Balaban J connectivity index is 1.58. The summed E-state index contributed by atoms with van der Waals surface area (Å²) in [5, 5.41) is 15.6. The summed E-state index contributed by atoms with van der Waals surface area (Å²) < 4.78 is 10.8. The molecule has 0 aliphatic rings. The van der Waals surface area contributed by atoms with Crippen molar-refractivity contribution in [2.45, 2.75) is 6.92 Å². The van der Waals surface area contributed by atoms with Gasteiger partial charge in [0.1, 0.15) is 11.5 Å². The number of nitro groups is 1. The van der Waals surface area contributed by atoms with E-state index in [1.165, 1.54) is 18.3 Å². The quantitative estimate of drug-likeness (QED) is 0.311. The van der Waals surface area contributed by atoms with Crippen molar-refractivity contribution in [2.24, 2.45) is 5.10 Å². The number of carbonyl (C=O) groups is 1. The highest BCUT2D eigenvalue weighted by Gasteiger charge is 2.16. The number of rotatable bonds is 7. The van der Waals surface area contributed by atoms with Crippen molar-refractivity contribution in [1.29, 1.82) is 0 Å². The van der Waals surface area contributed by atoms with Crippen LogP contribution in [0.3, 0.4) is 0 Å². The zero-order valence-corrected chi connectivity index (χ0v) is 17.1. The summed E-state index contributed by atoms with van der Waals surface area (Å²) in [6.45, 7) is 1.28. The molecule has 1 heterocycles. The van der Waals surface area contributed by atoms with Gasteiger partial charge in [-0.05, 0) is 42.8 Å². The van der Waals surface area contributed by atoms with E-state index in [9.17, 15) is 14.9 Å². The maximum atomic E-state index is 11.9. The van der Waals surface area contributed by atoms with Gasteiger partial charge in [-0.15, -0.1) is 0 Å². The zero-order chi connectivity index (χ0) is 21.7. The van der Waals surface area contributed by atoms with E-state index in [2.05, 4.69) is 10.5 Å². The molecule has 0 fully saturated rings. The molecule has 1 N–H and O–H groups in total. The number of halogens is 2. The number of ether oxygens (including phenoxy) is 1. The third-order valence-electron chi connectivity index (χ3n) is 3.89. The standard InChI is InChI=1S/C20H15Cl2N3O5/c1-12-5-7-18(16(9-12)25(27)28)29-11-19(26)24-23-10-13-6-8-17(30-13)14-3-2-4-15(21)20(14)22/h2-10H,11H2,1H3,(H,24,26)/b23-10+. The number of hydrogen-bond acceptors (Lipinski definition) is 6. The Morgan fingerprint density at radius 3 is 2.83 bits per heavy atom. The Kier molecular flexibility index (Phi) is 6.71. The Morgan fingerprint density at radius 1 is 1.27 bits per heavy atom. The van der Waals surface area contributed by atoms with Crippen LogP contribution in [0.5, 0.6) is 5.75 Å². The fourth-order valence-electron chi connectivity index (χ4n) is 2.50. The summed E-state index contributed by atoms with van der Waals surface area (Å²) in [7, 11) is 0. The molecule has 0 aliphatic heterocycles. The minimum absolute atomic E-state index is 0.00111. The predicted molar refractivity (Wildman–Crippen MR) is 113 cm³/mol. The van der Waals surface area contributed by atoms with E-state index in [4.69, 9.17) is 32.4 Å². The van der Waals surface area contributed by atoms with E-state index in [-0.39, 0.29) is 11.4 Å². The highest BCUT2D eigenvalue weighted by Crippen LogP contribution is 2.34. The Labute approximate surface area is 181 Å². The number of benzene rings is 2. The SMILES string of the molecule is Cc1ccc(OCC(=O)N/N=C/c2ccc(-c3cccc(Cl)c3Cl)o2)c([N+](=O)[O-])c1. The summed E-state index contributed by atoms with van der Waals surface area (Å²) >= 11 is 12.2. The van der Waals surface area contributed by atoms with E-state index in [0.29, 0.717) is 32.7 Å². The molecular formula is C20H15Cl2N3O5. The molecule has 3 aromatic rings. The first-order valence-corrected chi connectivity index (χ1v) is 9.34. The lowest BCUT2D eigenvalue weighted by atomic mass is 10.2. The predicted octanol–water partition coefficient (Wildman–Crippen LogP) is 5.00. The van der Waals surface area contributed by atoms with Gasteiger partial charge in [-0.3, -0.25) is 14.9 Å². The van der Waals surface area contributed by atoms with Crippen LogP contribution >= 0.6 is 23.2 Å². The van der Waals surface area contributed by atoms with Crippen LogP contribution in [-0.2, 0) is 4.79 Å². The topological polar surface area (TPSA) is 107 Å². The highest BCUT2D eigenvalue weighted by atomic mass is 35.5. The summed E-state index contributed by atoms with van der Waals surface area (Å²) in [5.41, 5.74) is 3.38. The molecule has 0 aliphatic carbocycles. The first kappa shape index (κ1) is 21.4. The molecule has 154 valence electrons. The van der Waals surface area contributed by atoms with Crippen LogP contribution in [0.4, 0.5) is 5.69 Å². The molecule has 30 heavy (non-hydrogen) atoms. The molecule has 2 aromatic carbocycles. The fourth-order valence-corrected chi connectivity index (χ4v) is 2.89. The van der Waals surface area contributed by atoms with Crippen molar-refractivity contribution in [3.8, 4) is 17.1 Å². The third kappa shape index (κ3) is 5.16. The normalized spacial score (nSPS) is 10.9. The van der Waals surface area contributed by atoms with Gasteiger partial charge in [0.15, 0.2) is 12.4 Å². The number of carbonyl (C=O) groups excluding carboxylic acids is 1. The van der Waals surface area contributed by atoms with Gasteiger partial charge >= 0.3 is 5.69 Å². The molecule has 0 atom stereocenters. The second-order valence-electron chi connectivity index (χ2n) is 6.11. The van der Waals surface area contributed by atoms with Crippen LogP contribution in [0.1, 0.15) is 11.3 Å². The minimum atomic E-state index is -0.592. The lowest BCUT2D eigenvalue weighted by molar-refractivity contribution is -0.385. The number of nitro benzene ring substituents is 1. The van der Waals surface area contributed by atoms with Crippen LogP contribution in [0.25, 0.3) is 11.3 Å². The number of hydrazone groups is 1. The average Bonchev–Trinajstić information content (AvgIpc) is 3.17. The third-order valence-corrected chi connectivity index (χ3v) is 4.71. The summed E-state index contributed by atoms with van der Waals surface area (Å²) in [6, 6.07) is 13.0. The van der Waals surface area contributed by atoms with Gasteiger partial charge in [0, 0.05) is 11.6 Å². The molecule has 10 heteroatoms. The molecule has 0 saturated heterocycles. The number of amides is 1. The Morgan fingerprint density at radius 2 is 2.07 bits per heavy atom. The van der Waals surface area contributed by atoms with Crippen LogP contribution in [0.15, 0.2) is 58.0 Å². The van der Waals surface area contributed by atoms with Gasteiger partial charge in [0.2, 0.25) is 0 Å². The summed E-state index contributed by atoms with van der Waals surface area (Å²) in [4.78, 5) is 22.4. The maximum Gasteiger partial charge on any atom is 0.311 e. The second kappa shape index (κ2) is 9.43. The number of furan rings is 1. The Hall–Kier alpha value is -3.36. The van der Waals surface area contributed by atoms with Gasteiger partial charge in [-0.25, -0.2) is 5.43 Å². The van der Waals surface area contributed by atoms with Crippen LogP contribution in [-0.4, -0.2) is 23.7 Å². The maximum absolute atomic E-state index is 11.9. The molecule has 8 nitrogen and oxygen atoms in total. The summed E-state index contributed by atoms with van der Waals surface area (Å²) in [6.07, 6.45) is 1.30. The summed E-state index contributed by atoms with van der Waals surface area (Å²) in [5.74, 6) is 0.270. The van der Waals surface area contributed by atoms with Gasteiger partial charge in [0.05, 0.1) is 21.2 Å². The number of hydrogen-bond donors (Lipinski definition) is 1. The molecule has 3 rings (SSSR count). The molecule has 1 amide bonds. The van der Waals surface area contributed by atoms with Gasteiger partial charge in [0.25, 0.3) is 5.91 Å². The lowest BCUT2D eigenvalue weighted by Gasteiger charge is -2.06. The number of aryl methyl sites for hydroxylation is 1. The van der Waals surface area contributed by atoms with E-state index < -0.39 is 17.4 Å². The highest BCUT2D eigenvalue weighted by molar-refractivity contribution is 6.43. The van der Waals surface area contributed by atoms with E-state index >= 15 is 0 Å².